The number of hydrogen-bond donors (Lipinski definition) is 2. The van der Waals surface area contributed by atoms with Crippen LogP contribution in [0.25, 0.3) is 0 Å². The smallest absolute Gasteiger partial charge is 0.123 e. The van der Waals surface area contributed by atoms with Gasteiger partial charge in [-0.15, -0.1) is 0 Å². The first-order valence-corrected chi connectivity index (χ1v) is 10.8. The Labute approximate surface area is 164 Å². The summed E-state index contributed by atoms with van der Waals surface area (Å²) in [4.78, 5) is 0. The van der Waals surface area contributed by atoms with E-state index in [1.165, 1.54) is 0 Å². The average Bonchev–Trinajstić information content (AvgIpc) is 2.66. The molecule has 0 amide bonds. The summed E-state index contributed by atoms with van der Waals surface area (Å²) in [5, 5.41) is 19.8. The molecule has 0 aromatic heterocycles. The number of thioether (sulfide) groups is 2. The van der Waals surface area contributed by atoms with Crippen molar-refractivity contribution in [1.82, 2.24) is 0 Å². The highest BCUT2D eigenvalue weighted by Crippen LogP contribution is 2.20. The van der Waals surface area contributed by atoms with Gasteiger partial charge in [0.1, 0.15) is 24.7 Å². The minimum absolute atomic E-state index is 0.224. The Bertz CT molecular complexity index is 426. The third-order valence-electron chi connectivity index (χ3n) is 3.17. The molecule has 0 aliphatic heterocycles. The van der Waals surface area contributed by atoms with Gasteiger partial charge in [-0.3, -0.25) is 0 Å². The zero-order chi connectivity index (χ0) is 19.0. The molecule has 0 saturated carbocycles. The van der Waals surface area contributed by atoms with Crippen molar-refractivity contribution in [2.75, 3.05) is 63.7 Å². The molecule has 0 heterocycles. The Morgan fingerprint density at radius 1 is 0.846 bits per heavy atom. The lowest BCUT2D eigenvalue weighted by Crippen LogP contribution is -2.21. The number of ether oxygens (including phenoxy) is 4. The van der Waals surface area contributed by atoms with E-state index in [0.717, 1.165) is 11.5 Å². The van der Waals surface area contributed by atoms with Gasteiger partial charge in [-0.25, -0.2) is 0 Å². The van der Waals surface area contributed by atoms with Crippen LogP contribution < -0.4 is 9.47 Å². The van der Waals surface area contributed by atoms with Crippen molar-refractivity contribution in [3.05, 3.63) is 24.3 Å². The van der Waals surface area contributed by atoms with Crippen LogP contribution in [0.5, 0.6) is 11.5 Å². The summed E-state index contributed by atoms with van der Waals surface area (Å²) in [5.74, 6) is 4.17. The Morgan fingerprint density at radius 2 is 1.31 bits per heavy atom. The van der Waals surface area contributed by atoms with Crippen molar-refractivity contribution in [2.24, 2.45) is 0 Å². The first kappa shape index (κ1) is 23.4. The van der Waals surface area contributed by atoms with Crippen molar-refractivity contribution in [1.29, 1.82) is 0 Å². The third-order valence-corrected chi connectivity index (χ3v) is 5.33. The third kappa shape index (κ3) is 11.9. The maximum Gasteiger partial charge on any atom is 0.123 e. The van der Waals surface area contributed by atoms with E-state index in [1.54, 1.807) is 43.8 Å². The van der Waals surface area contributed by atoms with Gasteiger partial charge in [0.15, 0.2) is 0 Å². The van der Waals surface area contributed by atoms with E-state index in [9.17, 15) is 10.2 Å². The van der Waals surface area contributed by atoms with Crippen molar-refractivity contribution < 1.29 is 29.2 Å². The predicted molar refractivity (Wildman–Crippen MR) is 108 cm³/mol. The van der Waals surface area contributed by atoms with E-state index < -0.39 is 12.2 Å². The van der Waals surface area contributed by atoms with Crippen LogP contribution in [0, 0.1) is 0 Å². The summed E-state index contributed by atoms with van der Waals surface area (Å²) in [7, 11) is 3.32. The second-order valence-corrected chi connectivity index (χ2v) is 7.84. The molecule has 0 fully saturated rings. The molecular formula is C18H30O6S2. The topological polar surface area (TPSA) is 77.4 Å². The molecule has 0 bridgehead atoms. The maximum absolute atomic E-state index is 9.91. The standard InChI is InChI=1S/C18H30O6S2/c1-21-6-8-25-13-15(19)11-23-17-4-3-5-18(10-17)24-12-16(20)14-26-9-7-22-2/h3-5,10,15-16,19-20H,6-9,11-14H2,1-2H3. The summed E-state index contributed by atoms with van der Waals surface area (Å²) in [6, 6.07) is 7.21. The molecule has 8 heteroatoms. The number of methoxy groups -OCH3 is 2. The van der Waals surface area contributed by atoms with Gasteiger partial charge in [0, 0.05) is 43.3 Å². The maximum atomic E-state index is 9.91. The molecule has 0 aliphatic rings. The molecule has 0 aliphatic carbocycles. The van der Waals surface area contributed by atoms with E-state index in [2.05, 4.69) is 0 Å². The monoisotopic (exact) mass is 406 g/mol. The SMILES string of the molecule is COCCSCC(O)COc1cccc(OCC(O)CSCCOC)c1. The Morgan fingerprint density at radius 3 is 1.73 bits per heavy atom. The fraction of sp³-hybridized carbons (Fsp3) is 0.667. The van der Waals surface area contributed by atoms with Gasteiger partial charge in [-0.05, 0) is 12.1 Å². The molecule has 1 aromatic rings. The number of aliphatic hydroxyl groups is 2. The van der Waals surface area contributed by atoms with Crippen molar-refractivity contribution in [3.8, 4) is 11.5 Å². The molecule has 1 rings (SSSR count). The van der Waals surface area contributed by atoms with E-state index in [1.807, 2.05) is 18.2 Å². The fourth-order valence-electron chi connectivity index (χ4n) is 1.86. The molecule has 0 spiro atoms. The lowest BCUT2D eigenvalue weighted by Gasteiger charge is -2.14. The van der Waals surface area contributed by atoms with Gasteiger partial charge >= 0.3 is 0 Å². The van der Waals surface area contributed by atoms with Crippen LogP contribution in [0.2, 0.25) is 0 Å². The highest BCUT2D eigenvalue weighted by Gasteiger charge is 2.08. The van der Waals surface area contributed by atoms with E-state index in [0.29, 0.717) is 36.2 Å². The van der Waals surface area contributed by atoms with Gasteiger partial charge in [-0.1, -0.05) is 6.07 Å². The summed E-state index contributed by atoms with van der Waals surface area (Å²) in [6.45, 7) is 1.80. The summed E-state index contributed by atoms with van der Waals surface area (Å²) in [6.07, 6.45) is -1.07. The zero-order valence-corrected chi connectivity index (χ0v) is 17.1. The van der Waals surface area contributed by atoms with Crippen molar-refractivity contribution in [3.63, 3.8) is 0 Å². The lowest BCUT2D eigenvalue weighted by atomic mass is 10.3. The zero-order valence-electron chi connectivity index (χ0n) is 15.5. The molecule has 2 N–H and O–H groups in total. The molecule has 0 saturated heterocycles. The Kier molecular flexibility index (Phi) is 13.9. The minimum atomic E-state index is -0.535. The lowest BCUT2D eigenvalue weighted by molar-refractivity contribution is 0.122. The fourth-order valence-corrected chi connectivity index (χ4v) is 3.50. The van der Waals surface area contributed by atoms with E-state index >= 15 is 0 Å². The quantitative estimate of drug-likeness (QED) is 0.403. The average molecular weight is 407 g/mol. The second kappa shape index (κ2) is 15.4. The Balaban J connectivity index is 2.25. The van der Waals surface area contributed by atoms with Gasteiger partial charge in [0.2, 0.25) is 0 Å². The molecule has 26 heavy (non-hydrogen) atoms. The summed E-state index contributed by atoms with van der Waals surface area (Å²) < 4.78 is 21.1. The van der Waals surface area contributed by atoms with Crippen LogP contribution in [0.3, 0.4) is 0 Å². The van der Waals surface area contributed by atoms with Crippen LogP contribution >= 0.6 is 23.5 Å². The molecule has 1 aromatic carbocycles. The number of rotatable bonds is 16. The van der Waals surface area contributed by atoms with Crippen LogP contribution in [0.4, 0.5) is 0 Å². The first-order chi connectivity index (χ1) is 12.7. The van der Waals surface area contributed by atoms with Crippen LogP contribution in [0.1, 0.15) is 0 Å². The van der Waals surface area contributed by atoms with Gasteiger partial charge in [-0.2, -0.15) is 23.5 Å². The first-order valence-electron chi connectivity index (χ1n) is 8.50. The highest BCUT2D eigenvalue weighted by atomic mass is 32.2. The van der Waals surface area contributed by atoms with Gasteiger partial charge in [0.25, 0.3) is 0 Å². The minimum Gasteiger partial charge on any atom is -0.491 e. The van der Waals surface area contributed by atoms with Crippen LogP contribution in [-0.4, -0.2) is 86.1 Å². The molecule has 2 unspecified atom stereocenters. The molecular weight excluding hydrogens is 376 g/mol. The normalized spacial score (nSPS) is 13.4. The number of benzene rings is 1. The second-order valence-electron chi connectivity index (χ2n) is 5.54. The van der Waals surface area contributed by atoms with Crippen LogP contribution in [-0.2, 0) is 9.47 Å². The van der Waals surface area contributed by atoms with Crippen molar-refractivity contribution >= 4 is 23.5 Å². The summed E-state index contributed by atoms with van der Waals surface area (Å²) >= 11 is 3.26. The van der Waals surface area contributed by atoms with Gasteiger partial charge < -0.3 is 29.2 Å². The number of hydrogen-bond acceptors (Lipinski definition) is 8. The van der Waals surface area contributed by atoms with E-state index in [-0.39, 0.29) is 13.2 Å². The highest BCUT2D eigenvalue weighted by molar-refractivity contribution is 7.99. The molecule has 6 nitrogen and oxygen atoms in total. The molecule has 0 radical (unpaired) electrons. The van der Waals surface area contributed by atoms with Gasteiger partial charge in [0.05, 0.1) is 25.4 Å². The van der Waals surface area contributed by atoms with Crippen LogP contribution in [0.15, 0.2) is 24.3 Å². The molecule has 2 atom stereocenters. The van der Waals surface area contributed by atoms with E-state index in [4.69, 9.17) is 18.9 Å². The van der Waals surface area contributed by atoms with Crippen molar-refractivity contribution in [2.45, 2.75) is 12.2 Å². The number of aliphatic hydroxyl groups excluding tert-OH is 2. The predicted octanol–water partition coefficient (Wildman–Crippen LogP) is 1.93. The Hall–Kier alpha value is -0.640. The summed E-state index contributed by atoms with van der Waals surface area (Å²) in [5.41, 5.74) is 0. The molecule has 150 valence electrons. The largest absolute Gasteiger partial charge is 0.491 e.